The summed E-state index contributed by atoms with van der Waals surface area (Å²) < 4.78 is 3.91. The van der Waals surface area contributed by atoms with Crippen LogP contribution in [0.1, 0.15) is 15.9 Å². The van der Waals surface area contributed by atoms with Crippen molar-refractivity contribution in [3.8, 4) is 0 Å². The number of benzene rings is 2. The van der Waals surface area contributed by atoms with E-state index in [4.69, 9.17) is 0 Å². The van der Waals surface area contributed by atoms with E-state index in [0.29, 0.717) is 11.4 Å². The summed E-state index contributed by atoms with van der Waals surface area (Å²) in [6.45, 7) is 0. The number of para-hydroxylation sites is 1. The normalized spacial score (nSPS) is 11.0. The van der Waals surface area contributed by atoms with E-state index in [1.54, 1.807) is 40.0 Å². The first-order valence-corrected chi connectivity index (χ1v) is 9.86. The van der Waals surface area contributed by atoms with Crippen LogP contribution in [-0.2, 0) is 12.8 Å². The van der Waals surface area contributed by atoms with Crippen LogP contribution < -0.4 is 5.32 Å². The second-order valence-electron chi connectivity index (χ2n) is 5.76. The Morgan fingerprint density at radius 3 is 2.69 bits per heavy atom. The van der Waals surface area contributed by atoms with Gasteiger partial charge in [-0.2, -0.15) is 5.10 Å². The lowest BCUT2D eigenvalue weighted by Crippen LogP contribution is -2.12. The average molecular weight is 380 g/mol. The van der Waals surface area contributed by atoms with Gasteiger partial charge >= 0.3 is 0 Å². The van der Waals surface area contributed by atoms with Crippen LogP contribution in [0.3, 0.4) is 0 Å². The molecule has 2 heterocycles. The largest absolute Gasteiger partial charge is 0.305 e. The van der Waals surface area contributed by atoms with E-state index in [1.807, 2.05) is 49.5 Å². The molecule has 0 radical (unpaired) electrons. The number of carbonyl (C=O) groups is 1. The molecule has 4 aromatic rings. The zero-order valence-corrected chi connectivity index (χ0v) is 15.7. The van der Waals surface area contributed by atoms with Gasteiger partial charge in [0.1, 0.15) is 0 Å². The van der Waals surface area contributed by atoms with Crippen LogP contribution in [-0.4, -0.2) is 20.7 Å². The number of aromatic nitrogens is 3. The van der Waals surface area contributed by atoms with Gasteiger partial charge in [0.15, 0.2) is 10.2 Å². The zero-order chi connectivity index (χ0) is 17.9. The van der Waals surface area contributed by atoms with Crippen molar-refractivity contribution >= 4 is 45.0 Å². The first kappa shape index (κ1) is 16.8. The number of rotatable bonds is 5. The highest BCUT2D eigenvalue weighted by atomic mass is 32.2. The Kier molecular flexibility index (Phi) is 4.73. The molecule has 26 heavy (non-hydrogen) atoms. The Morgan fingerprint density at radius 2 is 1.96 bits per heavy atom. The molecule has 5 nitrogen and oxygen atoms in total. The molecule has 0 aliphatic carbocycles. The molecule has 1 N–H and O–H groups in total. The topological polar surface area (TPSA) is 59.8 Å². The van der Waals surface area contributed by atoms with Gasteiger partial charge in [-0.05, 0) is 29.8 Å². The third kappa shape index (κ3) is 3.79. The van der Waals surface area contributed by atoms with Crippen LogP contribution >= 0.6 is 23.1 Å². The highest BCUT2D eigenvalue weighted by Gasteiger charge is 2.08. The van der Waals surface area contributed by atoms with Gasteiger partial charge in [-0.1, -0.05) is 36.0 Å². The molecule has 7 heteroatoms. The molecule has 0 bridgehead atoms. The molecule has 130 valence electrons. The number of nitrogens with zero attached hydrogens (tertiary/aromatic N) is 3. The second kappa shape index (κ2) is 7.31. The van der Waals surface area contributed by atoms with Gasteiger partial charge in [-0.15, -0.1) is 11.3 Å². The lowest BCUT2D eigenvalue weighted by atomic mass is 10.1. The van der Waals surface area contributed by atoms with E-state index in [-0.39, 0.29) is 5.91 Å². The maximum atomic E-state index is 12.2. The number of anilines is 1. The Labute approximate surface area is 159 Å². The molecular formula is C19H16N4OS2. The first-order valence-electron chi connectivity index (χ1n) is 8.06. The summed E-state index contributed by atoms with van der Waals surface area (Å²) in [7, 11) is 1.81. The molecular weight excluding hydrogens is 364 g/mol. The Balaban J connectivity index is 1.38. The van der Waals surface area contributed by atoms with E-state index in [9.17, 15) is 4.79 Å². The second-order valence-corrected chi connectivity index (χ2v) is 8.01. The number of thioether (sulfide) groups is 1. The standard InChI is InChI=1S/C19H16N4OS2/c1-23-11-10-17(22-23)21-18(24)14-8-6-13(7-9-14)12-25-19-20-15-4-2-3-5-16(15)26-19/h2-11H,12H2,1H3,(H,21,22,24). The fourth-order valence-corrected chi connectivity index (χ4v) is 4.50. The number of amides is 1. The van der Waals surface area contributed by atoms with Crippen molar-refractivity contribution in [2.45, 2.75) is 10.1 Å². The predicted octanol–water partition coefficient (Wildman–Crippen LogP) is 4.57. The minimum Gasteiger partial charge on any atom is -0.305 e. The molecule has 0 unspecified atom stereocenters. The molecule has 0 spiro atoms. The molecule has 2 aromatic heterocycles. The van der Waals surface area contributed by atoms with Crippen molar-refractivity contribution < 1.29 is 4.79 Å². The van der Waals surface area contributed by atoms with Gasteiger partial charge in [-0.25, -0.2) is 4.98 Å². The van der Waals surface area contributed by atoms with Crippen LogP contribution in [0.2, 0.25) is 0 Å². The van der Waals surface area contributed by atoms with Gasteiger partial charge in [0.25, 0.3) is 5.91 Å². The molecule has 1 amide bonds. The zero-order valence-electron chi connectivity index (χ0n) is 14.0. The molecule has 0 atom stereocenters. The van der Waals surface area contributed by atoms with Crippen molar-refractivity contribution in [1.82, 2.24) is 14.8 Å². The molecule has 0 aliphatic rings. The Morgan fingerprint density at radius 1 is 1.15 bits per heavy atom. The molecule has 4 rings (SSSR count). The minimum atomic E-state index is -0.158. The molecule has 0 saturated heterocycles. The molecule has 0 saturated carbocycles. The van der Waals surface area contributed by atoms with Crippen molar-refractivity contribution in [3.63, 3.8) is 0 Å². The summed E-state index contributed by atoms with van der Waals surface area (Å²) >= 11 is 3.42. The van der Waals surface area contributed by atoms with E-state index >= 15 is 0 Å². The average Bonchev–Trinajstić information content (AvgIpc) is 3.25. The molecule has 2 aromatic carbocycles. The lowest BCUT2D eigenvalue weighted by Gasteiger charge is -2.04. The third-order valence-corrected chi connectivity index (χ3v) is 6.06. The number of hydrogen-bond acceptors (Lipinski definition) is 5. The van der Waals surface area contributed by atoms with Crippen molar-refractivity contribution in [2.75, 3.05) is 5.32 Å². The van der Waals surface area contributed by atoms with Gasteiger partial charge in [0.2, 0.25) is 0 Å². The predicted molar refractivity (Wildman–Crippen MR) is 107 cm³/mol. The highest BCUT2D eigenvalue weighted by molar-refractivity contribution is 8.00. The number of carbonyl (C=O) groups excluding carboxylic acids is 1. The number of thiazole rings is 1. The lowest BCUT2D eigenvalue weighted by molar-refractivity contribution is 0.102. The first-order chi connectivity index (χ1) is 12.7. The van der Waals surface area contributed by atoms with Crippen molar-refractivity contribution in [1.29, 1.82) is 0 Å². The fourth-order valence-electron chi connectivity index (χ4n) is 2.48. The van der Waals surface area contributed by atoms with Gasteiger partial charge in [-0.3, -0.25) is 9.48 Å². The van der Waals surface area contributed by atoms with E-state index in [1.165, 1.54) is 4.70 Å². The Bertz CT molecular complexity index is 1020. The number of fused-ring (bicyclic) bond motifs is 1. The summed E-state index contributed by atoms with van der Waals surface area (Å²) in [6, 6.07) is 17.6. The molecule has 0 fully saturated rings. The smallest absolute Gasteiger partial charge is 0.256 e. The summed E-state index contributed by atoms with van der Waals surface area (Å²) in [5.41, 5.74) is 2.81. The van der Waals surface area contributed by atoms with Gasteiger partial charge < -0.3 is 5.32 Å². The number of aryl methyl sites for hydroxylation is 1. The SMILES string of the molecule is Cn1ccc(NC(=O)c2ccc(CSc3nc4ccccc4s3)cc2)n1. The summed E-state index contributed by atoms with van der Waals surface area (Å²) in [4.78, 5) is 16.9. The van der Waals surface area contributed by atoms with Crippen LogP contribution in [0.5, 0.6) is 0 Å². The van der Waals surface area contributed by atoms with E-state index in [2.05, 4.69) is 21.5 Å². The third-order valence-electron chi connectivity index (χ3n) is 3.81. The highest BCUT2D eigenvalue weighted by Crippen LogP contribution is 2.31. The van der Waals surface area contributed by atoms with Gasteiger partial charge in [0, 0.05) is 30.6 Å². The van der Waals surface area contributed by atoms with Crippen LogP contribution in [0.4, 0.5) is 5.82 Å². The monoisotopic (exact) mass is 380 g/mol. The van der Waals surface area contributed by atoms with Crippen LogP contribution in [0.25, 0.3) is 10.2 Å². The maximum absolute atomic E-state index is 12.2. The Hall–Kier alpha value is -2.64. The van der Waals surface area contributed by atoms with Crippen LogP contribution in [0.15, 0.2) is 65.1 Å². The summed E-state index contributed by atoms with van der Waals surface area (Å²) in [5.74, 6) is 1.21. The number of nitrogens with one attached hydrogen (secondary N) is 1. The van der Waals surface area contributed by atoms with Gasteiger partial charge in [0.05, 0.1) is 10.2 Å². The maximum Gasteiger partial charge on any atom is 0.256 e. The van der Waals surface area contributed by atoms with Crippen molar-refractivity contribution in [2.24, 2.45) is 7.05 Å². The van der Waals surface area contributed by atoms with E-state index < -0.39 is 0 Å². The quantitative estimate of drug-likeness (QED) is 0.515. The minimum absolute atomic E-state index is 0.158. The van der Waals surface area contributed by atoms with Crippen molar-refractivity contribution in [3.05, 3.63) is 71.9 Å². The summed E-state index contributed by atoms with van der Waals surface area (Å²) in [6.07, 6.45) is 1.79. The molecule has 0 aliphatic heterocycles. The number of hydrogen-bond donors (Lipinski definition) is 1. The van der Waals surface area contributed by atoms with Crippen LogP contribution in [0, 0.1) is 0 Å². The fraction of sp³-hybridized carbons (Fsp3) is 0.105. The van der Waals surface area contributed by atoms with E-state index in [0.717, 1.165) is 21.2 Å². The summed E-state index contributed by atoms with van der Waals surface area (Å²) in [5, 5.41) is 6.94.